The van der Waals surface area contributed by atoms with Crippen LogP contribution in [0.2, 0.25) is 0 Å². The Bertz CT molecular complexity index is 642. The average molecular weight is 363 g/mol. The number of nitrogens with zero attached hydrogens (tertiary/aromatic N) is 2. The van der Waals surface area contributed by atoms with Gasteiger partial charge < -0.3 is 4.90 Å². The minimum atomic E-state index is -3.55. The van der Waals surface area contributed by atoms with Gasteiger partial charge in [-0.2, -0.15) is 4.31 Å². The highest BCUT2D eigenvalue weighted by Gasteiger charge is 2.41. The number of likely N-dealkylation sites (tertiary alicyclic amines) is 1. The van der Waals surface area contributed by atoms with Gasteiger partial charge in [0.1, 0.15) is 5.82 Å². The van der Waals surface area contributed by atoms with E-state index in [9.17, 15) is 12.8 Å². The lowest BCUT2D eigenvalue weighted by Gasteiger charge is -2.33. The van der Waals surface area contributed by atoms with Crippen LogP contribution in [0.5, 0.6) is 0 Å². The topological polar surface area (TPSA) is 40.6 Å². The van der Waals surface area contributed by atoms with Gasteiger partial charge in [-0.25, -0.2) is 12.8 Å². The highest BCUT2D eigenvalue weighted by molar-refractivity contribution is 9.10. The molecule has 0 aliphatic carbocycles. The fourth-order valence-corrected chi connectivity index (χ4v) is 5.17. The minimum Gasteiger partial charge on any atom is -0.306 e. The first-order valence-corrected chi connectivity index (χ1v) is 8.82. The Labute approximate surface area is 126 Å². The molecule has 1 saturated heterocycles. The zero-order chi connectivity index (χ0) is 14.5. The van der Waals surface area contributed by atoms with Crippen molar-refractivity contribution >= 4 is 26.0 Å². The second-order valence-electron chi connectivity index (χ2n) is 5.42. The van der Waals surface area contributed by atoms with Crippen LogP contribution in [-0.2, 0) is 16.6 Å². The van der Waals surface area contributed by atoms with Gasteiger partial charge >= 0.3 is 0 Å². The molecular formula is C13H16BrFN2O2S. The summed E-state index contributed by atoms with van der Waals surface area (Å²) in [6, 6.07) is 2.93. The zero-order valence-electron chi connectivity index (χ0n) is 11.1. The first-order valence-electron chi connectivity index (χ1n) is 6.58. The van der Waals surface area contributed by atoms with Crippen molar-refractivity contribution in [2.45, 2.75) is 30.3 Å². The molecule has 7 heteroatoms. The van der Waals surface area contributed by atoms with E-state index in [2.05, 4.69) is 20.8 Å². The van der Waals surface area contributed by atoms with Crippen molar-refractivity contribution in [2.75, 3.05) is 20.1 Å². The summed E-state index contributed by atoms with van der Waals surface area (Å²) < 4.78 is 41.0. The van der Waals surface area contributed by atoms with Crippen LogP contribution in [0.25, 0.3) is 0 Å². The summed E-state index contributed by atoms with van der Waals surface area (Å²) in [5.74, 6) is -0.457. The van der Waals surface area contributed by atoms with E-state index in [4.69, 9.17) is 0 Å². The van der Waals surface area contributed by atoms with Crippen LogP contribution in [-0.4, -0.2) is 43.8 Å². The van der Waals surface area contributed by atoms with Crippen LogP contribution in [0.1, 0.15) is 18.4 Å². The van der Waals surface area contributed by atoms with Gasteiger partial charge in [-0.15, -0.1) is 0 Å². The molecule has 0 atom stereocenters. The summed E-state index contributed by atoms with van der Waals surface area (Å²) in [4.78, 5) is 2.31. The number of sulfonamides is 1. The normalized spacial score (nSPS) is 23.9. The van der Waals surface area contributed by atoms with E-state index in [1.54, 1.807) is 0 Å². The van der Waals surface area contributed by atoms with Crippen molar-refractivity contribution in [1.29, 1.82) is 0 Å². The maximum Gasteiger partial charge on any atom is 0.244 e. The lowest BCUT2D eigenvalue weighted by atomic mass is 10.1. The molecule has 2 heterocycles. The minimum absolute atomic E-state index is 0.0261. The number of hydrogen-bond acceptors (Lipinski definition) is 3. The molecule has 0 bridgehead atoms. The van der Waals surface area contributed by atoms with Gasteiger partial charge in [0.05, 0.1) is 9.37 Å². The molecule has 2 aliphatic rings. The predicted octanol–water partition coefficient (Wildman–Crippen LogP) is 2.19. The summed E-state index contributed by atoms with van der Waals surface area (Å²) in [6.45, 7) is 1.90. The summed E-state index contributed by atoms with van der Waals surface area (Å²) in [5, 5.41) is 0. The third-order valence-electron chi connectivity index (χ3n) is 4.15. The molecular weight excluding hydrogens is 347 g/mol. The molecule has 1 aromatic rings. The van der Waals surface area contributed by atoms with Crippen LogP contribution < -0.4 is 0 Å². The molecule has 1 aromatic carbocycles. The molecule has 2 aliphatic heterocycles. The van der Waals surface area contributed by atoms with Crippen molar-refractivity contribution in [3.05, 3.63) is 28.0 Å². The van der Waals surface area contributed by atoms with Crippen LogP contribution >= 0.6 is 15.9 Å². The van der Waals surface area contributed by atoms with E-state index >= 15 is 0 Å². The lowest BCUT2D eigenvalue weighted by molar-refractivity contribution is 0.182. The third-order valence-corrected chi connectivity index (χ3v) is 6.74. The fraction of sp³-hybridized carbons (Fsp3) is 0.538. The summed E-state index contributed by atoms with van der Waals surface area (Å²) in [7, 11) is -1.52. The first kappa shape index (κ1) is 14.4. The van der Waals surface area contributed by atoms with Crippen LogP contribution in [0.3, 0.4) is 0 Å². The molecule has 20 heavy (non-hydrogen) atoms. The molecule has 0 unspecified atom stereocenters. The second kappa shape index (κ2) is 5.05. The maximum atomic E-state index is 14.1. The number of hydrogen-bond donors (Lipinski definition) is 0. The van der Waals surface area contributed by atoms with Crippen LogP contribution in [0, 0.1) is 5.82 Å². The molecule has 4 nitrogen and oxygen atoms in total. The smallest absolute Gasteiger partial charge is 0.244 e. The molecule has 0 radical (unpaired) electrons. The number of piperidine rings is 1. The number of fused-ring (bicyclic) bond motifs is 1. The molecule has 0 N–H and O–H groups in total. The van der Waals surface area contributed by atoms with Gasteiger partial charge in [-0.05, 0) is 61.0 Å². The van der Waals surface area contributed by atoms with Crippen molar-refractivity contribution in [3.63, 3.8) is 0 Å². The first-order chi connectivity index (χ1) is 9.41. The molecule has 3 rings (SSSR count). The van der Waals surface area contributed by atoms with Gasteiger partial charge in [0.15, 0.2) is 0 Å². The van der Waals surface area contributed by atoms with E-state index in [0.717, 1.165) is 25.9 Å². The van der Waals surface area contributed by atoms with E-state index in [1.165, 1.54) is 16.4 Å². The Balaban J connectivity index is 1.96. The molecule has 0 spiro atoms. The predicted molar refractivity (Wildman–Crippen MR) is 77.3 cm³/mol. The van der Waals surface area contributed by atoms with Crippen LogP contribution in [0.15, 0.2) is 21.5 Å². The third kappa shape index (κ3) is 2.20. The Hall–Kier alpha value is -0.500. The van der Waals surface area contributed by atoms with Gasteiger partial charge in [-0.1, -0.05) is 0 Å². The SMILES string of the molecule is CN1CCC(N2Cc3c(ccc(Br)c3F)S2(=O)=O)CC1. The van der Waals surface area contributed by atoms with E-state index in [1.807, 2.05) is 7.05 Å². The quantitative estimate of drug-likeness (QED) is 0.768. The highest BCUT2D eigenvalue weighted by atomic mass is 79.9. The standard InChI is InChI=1S/C13H16BrFN2O2S/c1-16-6-4-9(5-7-16)17-8-10-12(20(17,18)19)3-2-11(14)13(10)15/h2-3,9H,4-8H2,1H3. The molecule has 1 fully saturated rings. The second-order valence-corrected chi connectivity index (χ2v) is 8.14. The van der Waals surface area contributed by atoms with Crippen molar-refractivity contribution in [1.82, 2.24) is 9.21 Å². The van der Waals surface area contributed by atoms with E-state index in [0.29, 0.717) is 10.0 Å². The van der Waals surface area contributed by atoms with Gasteiger partial charge in [-0.3, -0.25) is 0 Å². The largest absolute Gasteiger partial charge is 0.306 e. The number of benzene rings is 1. The Kier molecular flexibility index (Phi) is 3.64. The van der Waals surface area contributed by atoms with Crippen molar-refractivity contribution < 1.29 is 12.8 Å². The zero-order valence-corrected chi connectivity index (χ0v) is 13.5. The van der Waals surface area contributed by atoms with Crippen molar-refractivity contribution in [3.8, 4) is 0 Å². The average Bonchev–Trinajstić information content (AvgIpc) is 2.67. The Morgan fingerprint density at radius 1 is 1.30 bits per heavy atom. The molecule has 110 valence electrons. The monoisotopic (exact) mass is 362 g/mol. The van der Waals surface area contributed by atoms with Gasteiger partial charge in [0.2, 0.25) is 10.0 Å². The lowest BCUT2D eigenvalue weighted by Crippen LogP contribution is -2.43. The van der Waals surface area contributed by atoms with E-state index in [-0.39, 0.29) is 17.5 Å². The van der Waals surface area contributed by atoms with Crippen molar-refractivity contribution in [2.24, 2.45) is 0 Å². The summed E-state index contributed by atoms with van der Waals surface area (Å²) >= 11 is 3.12. The molecule has 0 saturated carbocycles. The summed E-state index contributed by atoms with van der Waals surface area (Å²) in [6.07, 6.45) is 1.60. The Morgan fingerprint density at radius 3 is 2.60 bits per heavy atom. The van der Waals surface area contributed by atoms with E-state index < -0.39 is 15.8 Å². The van der Waals surface area contributed by atoms with Gasteiger partial charge in [0, 0.05) is 18.2 Å². The number of rotatable bonds is 1. The fourth-order valence-electron chi connectivity index (χ4n) is 2.94. The summed E-state index contributed by atoms with van der Waals surface area (Å²) in [5.41, 5.74) is 0.290. The maximum absolute atomic E-state index is 14.1. The van der Waals surface area contributed by atoms with Gasteiger partial charge in [0.25, 0.3) is 0 Å². The number of halogens is 2. The molecule has 0 amide bonds. The van der Waals surface area contributed by atoms with Crippen LogP contribution in [0.4, 0.5) is 4.39 Å². The Morgan fingerprint density at radius 2 is 1.95 bits per heavy atom. The molecule has 0 aromatic heterocycles. The highest BCUT2D eigenvalue weighted by Crippen LogP contribution is 2.37.